The van der Waals surface area contributed by atoms with Crippen molar-refractivity contribution in [3.8, 4) is 0 Å². The van der Waals surface area contributed by atoms with Crippen molar-refractivity contribution in [2.45, 2.75) is 38.3 Å². The summed E-state index contributed by atoms with van der Waals surface area (Å²) in [4.78, 5) is 0. The maximum atomic E-state index is 13.1. The monoisotopic (exact) mass is 271 g/mol. The first kappa shape index (κ1) is 13.8. The van der Waals surface area contributed by atoms with Crippen LogP contribution >= 0.6 is 11.6 Å². The van der Waals surface area contributed by atoms with Crippen LogP contribution in [-0.2, 0) is 0 Å². The van der Waals surface area contributed by atoms with Gasteiger partial charge >= 0.3 is 0 Å². The Kier molecular flexibility index (Phi) is 4.60. The van der Waals surface area contributed by atoms with Crippen LogP contribution in [0.4, 0.5) is 4.39 Å². The van der Waals surface area contributed by atoms with Gasteiger partial charge in [-0.1, -0.05) is 24.1 Å². The van der Waals surface area contributed by atoms with Crippen molar-refractivity contribution in [1.82, 2.24) is 5.32 Å². The average Bonchev–Trinajstić information content (AvgIpc) is 2.79. The van der Waals surface area contributed by atoms with Gasteiger partial charge in [0.25, 0.3) is 0 Å². The molecule has 3 atom stereocenters. The summed E-state index contributed by atoms with van der Waals surface area (Å²) in [7, 11) is 0. The van der Waals surface area contributed by atoms with Crippen LogP contribution in [0.5, 0.6) is 0 Å². The van der Waals surface area contributed by atoms with E-state index >= 15 is 0 Å². The zero-order valence-electron chi connectivity index (χ0n) is 10.5. The minimum atomic E-state index is -0.387. The number of halogens is 2. The Morgan fingerprint density at radius 1 is 1.50 bits per heavy atom. The van der Waals surface area contributed by atoms with Crippen molar-refractivity contribution >= 4 is 11.6 Å². The Bertz CT molecular complexity index is 413. The molecule has 1 aliphatic rings. The third-order valence-corrected chi connectivity index (χ3v) is 4.09. The number of rotatable bonds is 4. The van der Waals surface area contributed by atoms with Gasteiger partial charge < -0.3 is 10.4 Å². The van der Waals surface area contributed by atoms with E-state index in [1.54, 1.807) is 12.1 Å². The van der Waals surface area contributed by atoms with E-state index in [9.17, 15) is 9.50 Å². The molecule has 0 aromatic heterocycles. The summed E-state index contributed by atoms with van der Waals surface area (Å²) in [5, 5.41) is 13.0. The lowest BCUT2D eigenvalue weighted by atomic mass is 10.0. The first-order valence-electron chi connectivity index (χ1n) is 6.43. The van der Waals surface area contributed by atoms with Gasteiger partial charge in [0.1, 0.15) is 5.82 Å². The van der Waals surface area contributed by atoms with E-state index in [0.29, 0.717) is 12.0 Å². The SMILES string of the molecule is CC(NC1CCCC1CO)c1ccc(F)c(Cl)c1. The fraction of sp³-hybridized carbons (Fsp3) is 0.571. The van der Waals surface area contributed by atoms with E-state index in [1.807, 2.05) is 6.92 Å². The molecule has 3 unspecified atom stereocenters. The first-order chi connectivity index (χ1) is 8.61. The van der Waals surface area contributed by atoms with Gasteiger partial charge in [-0.2, -0.15) is 0 Å². The smallest absolute Gasteiger partial charge is 0.141 e. The summed E-state index contributed by atoms with van der Waals surface area (Å²) in [6.07, 6.45) is 3.31. The molecule has 0 radical (unpaired) electrons. The topological polar surface area (TPSA) is 32.3 Å². The molecule has 0 spiro atoms. The minimum Gasteiger partial charge on any atom is -0.396 e. The first-order valence-corrected chi connectivity index (χ1v) is 6.81. The molecule has 1 aliphatic carbocycles. The van der Waals surface area contributed by atoms with E-state index in [4.69, 9.17) is 11.6 Å². The molecule has 100 valence electrons. The number of benzene rings is 1. The summed E-state index contributed by atoms with van der Waals surface area (Å²) in [6, 6.07) is 5.27. The predicted molar refractivity (Wildman–Crippen MR) is 71.2 cm³/mol. The number of aliphatic hydroxyl groups excluding tert-OH is 1. The van der Waals surface area contributed by atoms with Gasteiger partial charge in [0.05, 0.1) is 5.02 Å². The third kappa shape index (κ3) is 3.02. The summed E-state index contributed by atoms with van der Waals surface area (Å²) >= 11 is 5.79. The van der Waals surface area contributed by atoms with E-state index in [2.05, 4.69) is 5.32 Å². The Balaban J connectivity index is 2.02. The summed E-state index contributed by atoms with van der Waals surface area (Å²) in [6.45, 7) is 2.27. The lowest BCUT2D eigenvalue weighted by Crippen LogP contribution is -2.35. The standard InChI is InChI=1S/C14H19ClFNO/c1-9(10-5-6-13(16)12(15)7-10)17-14-4-2-3-11(14)8-18/h5-7,9,11,14,17-18H,2-4,8H2,1H3. The fourth-order valence-corrected chi connectivity index (χ4v) is 2.86. The molecule has 1 aromatic carbocycles. The fourth-order valence-electron chi connectivity index (χ4n) is 2.67. The summed E-state index contributed by atoms with van der Waals surface area (Å²) in [5.74, 6) is -0.0508. The second kappa shape index (κ2) is 6.00. The predicted octanol–water partition coefficient (Wildman–Crippen LogP) is 3.29. The van der Waals surface area contributed by atoms with Crippen molar-refractivity contribution in [2.75, 3.05) is 6.61 Å². The van der Waals surface area contributed by atoms with Gasteiger partial charge in [-0.3, -0.25) is 0 Å². The second-order valence-electron chi connectivity index (χ2n) is 5.04. The zero-order chi connectivity index (χ0) is 13.1. The maximum Gasteiger partial charge on any atom is 0.141 e. The number of aliphatic hydroxyl groups is 1. The molecule has 1 aromatic rings. The van der Waals surface area contributed by atoms with Gasteiger partial charge in [0.15, 0.2) is 0 Å². The van der Waals surface area contributed by atoms with Crippen molar-refractivity contribution < 1.29 is 9.50 Å². The Morgan fingerprint density at radius 2 is 2.28 bits per heavy atom. The van der Waals surface area contributed by atoms with Crippen molar-refractivity contribution in [3.63, 3.8) is 0 Å². The summed E-state index contributed by atoms with van der Waals surface area (Å²) < 4.78 is 13.1. The van der Waals surface area contributed by atoms with Gasteiger partial charge in [-0.25, -0.2) is 4.39 Å². The highest BCUT2D eigenvalue weighted by Gasteiger charge is 2.27. The van der Waals surface area contributed by atoms with E-state index in [0.717, 1.165) is 24.8 Å². The molecule has 0 saturated heterocycles. The van der Waals surface area contributed by atoms with Crippen LogP contribution in [0.25, 0.3) is 0 Å². The Morgan fingerprint density at radius 3 is 2.94 bits per heavy atom. The quantitative estimate of drug-likeness (QED) is 0.881. The Hall–Kier alpha value is -0.640. The van der Waals surface area contributed by atoms with Crippen LogP contribution in [0.15, 0.2) is 18.2 Å². The molecule has 1 fully saturated rings. The molecule has 2 N–H and O–H groups in total. The molecule has 4 heteroatoms. The molecule has 18 heavy (non-hydrogen) atoms. The van der Waals surface area contributed by atoms with Crippen molar-refractivity contribution in [2.24, 2.45) is 5.92 Å². The van der Waals surface area contributed by atoms with Crippen LogP contribution in [0.3, 0.4) is 0 Å². The highest BCUT2D eigenvalue weighted by Crippen LogP contribution is 2.28. The average molecular weight is 272 g/mol. The molecule has 0 amide bonds. The van der Waals surface area contributed by atoms with Gasteiger partial charge in [-0.15, -0.1) is 0 Å². The van der Waals surface area contributed by atoms with Crippen LogP contribution in [0, 0.1) is 11.7 Å². The molecular weight excluding hydrogens is 253 g/mol. The normalized spacial score (nSPS) is 25.3. The number of nitrogens with one attached hydrogen (secondary N) is 1. The minimum absolute atomic E-state index is 0.111. The maximum absolute atomic E-state index is 13.1. The van der Waals surface area contributed by atoms with Crippen LogP contribution in [-0.4, -0.2) is 17.8 Å². The summed E-state index contributed by atoms with van der Waals surface area (Å²) in [5.41, 5.74) is 0.977. The van der Waals surface area contributed by atoms with Gasteiger partial charge in [-0.05, 0) is 43.4 Å². The Labute approximate surface area is 112 Å². The van der Waals surface area contributed by atoms with Crippen LogP contribution in [0.1, 0.15) is 37.8 Å². The zero-order valence-corrected chi connectivity index (χ0v) is 11.3. The van der Waals surface area contributed by atoms with Crippen molar-refractivity contribution in [1.29, 1.82) is 0 Å². The third-order valence-electron chi connectivity index (χ3n) is 3.80. The van der Waals surface area contributed by atoms with Crippen LogP contribution < -0.4 is 5.32 Å². The lowest BCUT2D eigenvalue weighted by molar-refractivity contribution is 0.200. The molecular formula is C14H19ClFNO. The highest BCUT2D eigenvalue weighted by molar-refractivity contribution is 6.30. The highest BCUT2D eigenvalue weighted by atomic mass is 35.5. The van der Waals surface area contributed by atoms with E-state index < -0.39 is 0 Å². The van der Waals surface area contributed by atoms with E-state index in [1.165, 1.54) is 6.07 Å². The van der Waals surface area contributed by atoms with Crippen LogP contribution in [0.2, 0.25) is 5.02 Å². The number of hydrogen-bond acceptors (Lipinski definition) is 2. The van der Waals surface area contributed by atoms with Gasteiger partial charge in [0, 0.05) is 18.7 Å². The molecule has 0 aliphatic heterocycles. The second-order valence-corrected chi connectivity index (χ2v) is 5.45. The van der Waals surface area contributed by atoms with E-state index in [-0.39, 0.29) is 23.5 Å². The molecule has 1 saturated carbocycles. The molecule has 0 bridgehead atoms. The molecule has 0 heterocycles. The largest absolute Gasteiger partial charge is 0.396 e. The molecule has 2 rings (SSSR count). The van der Waals surface area contributed by atoms with Gasteiger partial charge in [0.2, 0.25) is 0 Å². The number of hydrogen-bond donors (Lipinski definition) is 2. The van der Waals surface area contributed by atoms with Crippen molar-refractivity contribution in [3.05, 3.63) is 34.6 Å². The molecule has 2 nitrogen and oxygen atoms in total. The lowest BCUT2D eigenvalue weighted by Gasteiger charge is -2.24.